The average molecular weight is 990 g/mol. The number of imide groups is 1. The maximum absolute atomic E-state index is 16.4. The molecule has 7 nitrogen and oxygen atoms in total. The number of anilines is 3. The molecule has 0 aliphatic heterocycles. The van der Waals surface area contributed by atoms with Gasteiger partial charge in [0.2, 0.25) is 0 Å². The summed E-state index contributed by atoms with van der Waals surface area (Å²) in [6, 6.07) is 5.92. The molecule has 0 N–H and O–H groups in total. The number of halogens is 17. The van der Waals surface area contributed by atoms with Crippen molar-refractivity contribution in [1.82, 2.24) is 0 Å². The predicted octanol–water partition coefficient (Wildman–Crippen LogP) is 11.6. The van der Waals surface area contributed by atoms with E-state index in [0.717, 1.165) is 12.1 Å². The number of alkyl halides is 10. The highest BCUT2D eigenvalue weighted by Gasteiger charge is 2.74. The molecule has 4 amide bonds. The Labute approximate surface area is 356 Å². The maximum atomic E-state index is 16.4. The van der Waals surface area contributed by atoms with Gasteiger partial charge in [-0.2, -0.15) is 39.5 Å². The van der Waals surface area contributed by atoms with Crippen LogP contribution in [0.3, 0.4) is 0 Å². The molecule has 0 radical (unpaired) electrons. The van der Waals surface area contributed by atoms with E-state index in [9.17, 15) is 76.3 Å². The summed E-state index contributed by atoms with van der Waals surface area (Å²) in [5, 5.41) is 0. The van der Waals surface area contributed by atoms with E-state index < -0.39 is 155 Å². The lowest BCUT2D eigenvalue weighted by molar-refractivity contribution is -0.348. The van der Waals surface area contributed by atoms with Crippen molar-refractivity contribution in [3.05, 3.63) is 158 Å². The largest absolute Gasteiger partial charge is 0.435 e. The number of benzene rings is 5. The Balaban J connectivity index is 1.80. The van der Waals surface area contributed by atoms with Gasteiger partial charge in [0, 0.05) is 24.1 Å². The van der Waals surface area contributed by atoms with Gasteiger partial charge in [-0.1, -0.05) is 24.3 Å². The highest BCUT2D eigenvalue weighted by Crippen LogP contribution is 2.55. The fourth-order valence-electron chi connectivity index (χ4n) is 6.11. The van der Waals surface area contributed by atoms with Crippen LogP contribution in [0.15, 0.2) is 89.4 Å². The molecular formula is C40H20BrF16N3O4. The highest BCUT2D eigenvalue weighted by molar-refractivity contribution is 9.10. The van der Waals surface area contributed by atoms with Crippen molar-refractivity contribution in [1.29, 1.82) is 0 Å². The van der Waals surface area contributed by atoms with Gasteiger partial charge in [-0.15, -0.1) is 0 Å². The van der Waals surface area contributed by atoms with Gasteiger partial charge in [0.25, 0.3) is 23.6 Å². The maximum Gasteiger partial charge on any atom is 0.435 e. The quantitative estimate of drug-likeness (QED) is 0.115. The van der Waals surface area contributed by atoms with Crippen LogP contribution in [0.5, 0.6) is 0 Å². The summed E-state index contributed by atoms with van der Waals surface area (Å²) < 4.78 is 232. The van der Waals surface area contributed by atoms with Gasteiger partial charge in [0.05, 0.1) is 33.8 Å². The van der Waals surface area contributed by atoms with E-state index in [-0.39, 0.29) is 9.80 Å². The molecule has 24 heteroatoms. The van der Waals surface area contributed by atoms with Crippen LogP contribution in [-0.4, -0.2) is 50.1 Å². The first-order valence-electron chi connectivity index (χ1n) is 17.1. The Hall–Kier alpha value is -6.46. The summed E-state index contributed by atoms with van der Waals surface area (Å²) in [4.78, 5) is 54.5. The molecule has 5 rings (SSSR count). The van der Waals surface area contributed by atoms with Crippen molar-refractivity contribution in [3.8, 4) is 0 Å². The molecule has 0 atom stereocenters. The summed E-state index contributed by atoms with van der Waals surface area (Å²) in [7, 11) is 1.36. The minimum atomic E-state index is -7.03. The standard InChI is InChI=1S/C40H20BrF16N3O4/c1-58(35(63)28-22(42)9-5-10-23(28)43)26-13-3-7-18(30(26)46)33(61)60(32-20(38(49,50)51)15-17(16-21(32)41)37(48,39(52,53)54)40(55,56)57)34(62)19-8-4-14-27(31(19)47)59(2)36(64)29-24(44)11-6-12-25(29)45/h3-16H,1-2H3. The Kier molecular flexibility index (Phi) is 13.1. The van der Waals surface area contributed by atoms with Crippen molar-refractivity contribution in [2.24, 2.45) is 0 Å². The predicted molar refractivity (Wildman–Crippen MR) is 196 cm³/mol. The molecular weight excluding hydrogens is 970 g/mol. The van der Waals surface area contributed by atoms with E-state index >= 15 is 13.2 Å². The number of carbonyl (C=O) groups excluding carboxylic acids is 4. The lowest BCUT2D eigenvalue weighted by Gasteiger charge is -2.32. The summed E-state index contributed by atoms with van der Waals surface area (Å²) in [6.07, 6.45) is -20.3. The summed E-state index contributed by atoms with van der Waals surface area (Å²) >= 11 is 2.25. The third kappa shape index (κ3) is 8.48. The second kappa shape index (κ2) is 17.3. The van der Waals surface area contributed by atoms with Crippen LogP contribution >= 0.6 is 15.9 Å². The van der Waals surface area contributed by atoms with Gasteiger partial charge in [-0.05, 0) is 76.6 Å². The minimum absolute atomic E-state index is 0.176. The molecule has 0 saturated heterocycles. The molecule has 0 heterocycles. The van der Waals surface area contributed by atoms with Gasteiger partial charge in [-0.3, -0.25) is 19.2 Å². The van der Waals surface area contributed by atoms with Crippen LogP contribution in [0.1, 0.15) is 52.6 Å². The molecule has 0 unspecified atom stereocenters. The summed E-state index contributed by atoms with van der Waals surface area (Å²) in [5.74, 6) is -18.0. The molecule has 0 aliphatic carbocycles. The van der Waals surface area contributed by atoms with Gasteiger partial charge in [0.1, 0.15) is 34.4 Å². The first kappa shape index (κ1) is 48.6. The lowest BCUT2D eigenvalue weighted by atomic mass is 9.91. The third-order valence-electron chi connectivity index (χ3n) is 9.28. The molecule has 0 fully saturated rings. The molecule has 5 aromatic rings. The molecule has 64 heavy (non-hydrogen) atoms. The number of rotatable bonds is 8. The number of hydrogen-bond donors (Lipinski definition) is 0. The fourth-order valence-corrected chi connectivity index (χ4v) is 6.75. The second-order valence-corrected chi connectivity index (χ2v) is 14.0. The average Bonchev–Trinajstić information content (AvgIpc) is 3.19. The van der Waals surface area contributed by atoms with Crippen molar-refractivity contribution < 1.29 is 89.4 Å². The van der Waals surface area contributed by atoms with Crippen LogP contribution in [0.25, 0.3) is 0 Å². The molecule has 0 saturated carbocycles. The molecule has 0 aliphatic rings. The van der Waals surface area contributed by atoms with Crippen LogP contribution in [0.4, 0.5) is 87.3 Å². The Morgan fingerprint density at radius 3 is 1.17 bits per heavy atom. The highest BCUT2D eigenvalue weighted by atomic mass is 79.9. The van der Waals surface area contributed by atoms with Crippen molar-refractivity contribution >= 4 is 56.6 Å². The zero-order valence-corrected chi connectivity index (χ0v) is 33.1. The molecule has 5 aromatic carbocycles. The van der Waals surface area contributed by atoms with Crippen molar-refractivity contribution in [2.45, 2.75) is 24.2 Å². The first-order chi connectivity index (χ1) is 29.5. The van der Waals surface area contributed by atoms with E-state index in [1.807, 2.05) is 0 Å². The lowest BCUT2D eigenvalue weighted by Crippen LogP contribution is -2.50. The first-order valence-corrected chi connectivity index (χ1v) is 17.9. The molecule has 0 aromatic heterocycles. The molecule has 0 bridgehead atoms. The van der Waals surface area contributed by atoms with Crippen LogP contribution in [0.2, 0.25) is 0 Å². The van der Waals surface area contributed by atoms with E-state index in [1.165, 1.54) is 0 Å². The fraction of sp³-hybridized carbons (Fsp3) is 0.150. The van der Waals surface area contributed by atoms with Crippen molar-refractivity contribution in [2.75, 3.05) is 28.8 Å². The Bertz CT molecular complexity index is 2540. The summed E-state index contributed by atoms with van der Waals surface area (Å²) in [5.41, 5.74) is -22.4. The topological polar surface area (TPSA) is 78.0 Å². The minimum Gasteiger partial charge on any atom is -0.308 e. The van der Waals surface area contributed by atoms with Crippen LogP contribution < -0.4 is 14.7 Å². The third-order valence-corrected chi connectivity index (χ3v) is 9.88. The van der Waals surface area contributed by atoms with Gasteiger partial charge in [-0.25, -0.2) is 35.6 Å². The van der Waals surface area contributed by atoms with Crippen LogP contribution in [0, 0.1) is 34.9 Å². The van der Waals surface area contributed by atoms with E-state index in [4.69, 9.17) is 0 Å². The SMILES string of the molecule is CN(C(=O)c1c(F)cccc1F)c1cccc(C(=O)N(C(=O)c2cccc(N(C)C(=O)c3c(F)cccc3F)c2F)c2c(Br)cc(C(F)(C(F)(F)F)C(F)(F)F)cc2C(F)(F)F)c1F. The smallest absolute Gasteiger partial charge is 0.308 e. The zero-order chi connectivity index (χ0) is 48.2. The molecule has 0 spiro atoms. The van der Waals surface area contributed by atoms with Gasteiger partial charge < -0.3 is 9.80 Å². The zero-order valence-electron chi connectivity index (χ0n) is 31.5. The molecule has 338 valence electrons. The van der Waals surface area contributed by atoms with E-state index in [0.29, 0.717) is 74.8 Å². The normalized spacial score (nSPS) is 12.2. The number of nitrogens with zero attached hydrogens (tertiary/aromatic N) is 3. The van der Waals surface area contributed by atoms with Gasteiger partial charge in [0.15, 0.2) is 11.6 Å². The Morgan fingerprint density at radius 2 is 0.844 bits per heavy atom. The van der Waals surface area contributed by atoms with Gasteiger partial charge >= 0.3 is 24.2 Å². The number of hydrogen-bond acceptors (Lipinski definition) is 4. The van der Waals surface area contributed by atoms with Crippen LogP contribution in [-0.2, 0) is 11.8 Å². The van der Waals surface area contributed by atoms with E-state index in [2.05, 4.69) is 15.9 Å². The monoisotopic (exact) mass is 989 g/mol. The number of carbonyl (C=O) groups is 4. The second-order valence-electron chi connectivity index (χ2n) is 13.2. The Morgan fingerprint density at radius 1 is 0.500 bits per heavy atom. The number of amides is 4. The van der Waals surface area contributed by atoms with E-state index in [1.54, 1.807) is 0 Å². The van der Waals surface area contributed by atoms with Crippen molar-refractivity contribution in [3.63, 3.8) is 0 Å². The summed E-state index contributed by atoms with van der Waals surface area (Å²) in [6.45, 7) is 0.